The first-order valence-corrected chi connectivity index (χ1v) is 20.0. The molecule has 16 nitrogen and oxygen atoms in total. The molecule has 308 valence electrons. The summed E-state index contributed by atoms with van der Waals surface area (Å²) in [5.74, 6) is -0.546. The fraction of sp³-hybridized carbons (Fsp3) is 0.220. The molecule has 8 heterocycles. The fourth-order valence-electron chi connectivity index (χ4n) is 7.77. The van der Waals surface area contributed by atoms with Crippen molar-refractivity contribution in [2.24, 2.45) is 13.0 Å². The number of nitrogens with one attached hydrogen (secondary N) is 1. The topological polar surface area (TPSA) is 152 Å². The maximum Gasteiger partial charge on any atom is 0.247 e. The van der Waals surface area contributed by atoms with Crippen molar-refractivity contribution in [2.45, 2.75) is 19.0 Å². The number of hydrogen-bond donors (Lipinski definition) is 1. The molecule has 0 bridgehead atoms. The first kappa shape index (κ1) is 38.3. The number of amides is 2. The van der Waals surface area contributed by atoms with Gasteiger partial charge in [0.1, 0.15) is 35.3 Å². The van der Waals surface area contributed by atoms with E-state index in [1.54, 1.807) is 55.5 Å². The molecule has 61 heavy (non-hydrogen) atoms. The standard InChI is InChI=1S/C41H34Cl2F2N14O2/c1-53-14-28(12-49-53)26-6-37-40(48-23-52-56(37)17-26)55-20-33(21-55)59(38(60)8-24-2-4-31(42)9-34(24)44)58-19-29(13-50-58)27-7-36-39(47-22-51-57(36)18-27)54-15-30(16-54)41(61)46-11-25-3-5-32(43)10-35(25)45/h2-7,9-10,12-14,17-19,22-23,30,33H,8,11,15-16,20-21H2,1H3,(H,46,61). The molecule has 2 saturated heterocycles. The van der Waals surface area contributed by atoms with Crippen LogP contribution in [0.3, 0.4) is 0 Å². The average molecular weight is 864 g/mol. The van der Waals surface area contributed by atoms with Gasteiger partial charge in [0.2, 0.25) is 11.8 Å². The van der Waals surface area contributed by atoms with Crippen molar-refractivity contribution in [1.29, 1.82) is 0 Å². The maximum atomic E-state index is 15.0. The van der Waals surface area contributed by atoms with Gasteiger partial charge in [0, 0.05) is 96.2 Å². The van der Waals surface area contributed by atoms with E-state index >= 15 is 4.39 Å². The lowest BCUT2D eigenvalue weighted by molar-refractivity contribution is -0.126. The summed E-state index contributed by atoms with van der Waals surface area (Å²) in [6, 6.07) is 12.2. The number of nitrogens with zero attached hydrogens (tertiary/aromatic N) is 13. The molecule has 10 rings (SSSR count). The van der Waals surface area contributed by atoms with Crippen molar-refractivity contribution in [3.63, 3.8) is 0 Å². The highest BCUT2D eigenvalue weighted by Gasteiger charge is 2.39. The summed E-state index contributed by atoms with van der Waals surface area (Å²) in [5.41, 5.74) is 5.42. The summed E-state index contributed by atoms with van der Waals surface area (Å²) in [6.07, 6.45) is 13.6. The number of anilines is 2. The van der Waals surface area contributed by atoms with E-state index in [2.05, 4.69) is 40.6 Å². The van der Waals surface area contributed by atoms with E-state index in [0.717, 1.165) is 22.2 Å². The molecule has 2 aliphatic heterocycles. The minimum atomic E-state index is -0.571. The Bertz CT molecular complexity index is 2990. The molecule has 2 fully saturated rings. The van der Waals surface area contributed by atoms with Gasteiger partial charge in [-0.2, -0.15) is 25.2 Å². The van der Waals surface area contributed by atoms with Crippen LogP contribution >= 0.6 is 23.2 Å². The lowest BCUT2D eigenvalue weighted by Crippen LogP contribution is -2.65. The lowest BCUT2D eigenvalue weighted by Gasteiger charge is -2.45. The number of aryl methyl sites for hydroxylation is 1. The summed E-state index contributed by atoms with van der Waals surface area (Å²) < 4.78 is 34.4. The van der Waals surface area contributed by atoms with Crippen LogP contribution in [0, 0.1) is 17.6 Å². The van der Waals surface area contributed by atoms with Crippen molar-refractivity contribution in [1.82, 2.24) is 54.2 Å². The van der Waals surface area contributed by atoms with Gasteiger partial charge in [0.05, 0.1) is 37.0 Å². The van der Waals surface area contributed by atoms with Crippen LogP contribution in [-0.4, -0.2) is 92.9 Å². The van der Waals surface area contributed by atoms with Crippen LogP contribution in [-0.2, 0) is 29.6 Å². The van der Waals surface area contributed by atoms with E-state index in [-0.39, 0.29) is 52.3 Å². The number of fused-ring (bicyclic) bond motifs is 2. The smallest absolute Gasteiger partial charge is 0.247 e. The maximum absolute atomic E-state index is 15.0. The molecular formula is C41H34Cl2F2N14O2. The Labute approximate surface area is 355 Å². The number of carbonyl (C=O) groups excluding carboxylic acids is 2. The van der Waals surface area contributed by atoms with E-state index in [4.69, 9.17) is 23.2 Å². The summed E-state index contributed by atoms with van der Waals surface area (Å²) in [6.45, 7) is 1.73. The molecule has 20 heteroatoms. The monoisotopic (exact) mass is 862 g/mol. The Kier molecular flexibility index (Phi) is 9.59. The van der Waals surface area contributed by atoms with Crippen LogP contribution in [0.4, 0.5) is 20.4 Å². The van der Waals surface area contributed by atoms with E-state index < -0.39 is 11.6 Å². The van der Waals surface area contributed by atoms with Gasteiger partial charge in [0.25, 0.3) is 0 Å². The van der Waals surface area contributed by atoms with E-state index in [1.165, 1.54) is 35.6 Å². The number of carbonyl (C=O) groups is 2. The predicted octanol–water partition coefficient (Wildman–Crippen LogP) is 4.97. The normalized spacial score (nSPS) is 14.4. The number of halogens is 4. The molecule has 0 spiro atoms. The van der Waals surface area contributed by atoms with Crippen molar-refractivity contribution < 1.29 is 18.4 Å². The van der Waals surface area contributed by atoms with Crippen LogP contribution in [0.2, 0.25) is 10.0 Å². The fourth-order valence-corrected chi connectivity index (χ4v) is 8.09. The number of benzene rings is 2. The number of rotatable bonds is 11. The first-order chi connectivity index (χ1) is 29.5. The van der Waals surface area contributed by atoms with Crippen LogP contribution in [0.15, 0.2) is 98.4 Å². The van der Waals surface area contributed by atoms with E-state index in [9.17, 15) is 14.0 Å². The van der Waals surface area contributed by atoms with Gasteiger partial charge in [-0.25, -0.2) is 32.8 Å². The van der Waals surface area contributed by atoms with Crippen LogP contribution in [0.1, 0.15) is 11.1 Å². The van der Waals surface area contributed by atoms with Crippen molar-refractivity contribution in [3.05, 3.63) is 131 Å². The van der Waals surface area contributed by atoms with Gasteiger partial charge < -0.3 is 15.1 Å². The van der Waals surface area contributed by atoms with Crippen molar-refractivity contribution >= 4 is 57.7 Å². The zero-order chi connectivity index (χ0) is 41.9. The van der Waals surface area contributed by atoms with Gasteiger partial charge >= 0.3 is 0 Å². The Hall–Kier alpha value is -6.92. The Morgan fingerprint density at radius 2 is 1.30 bits per heavy atom. The molecule has 0 atom stereocenters. The zero-order valence-electron chi connectivity index (χ0n) is 32.3. The molecule has 0 saturated carbocycles. The van der Waals surface area contributed by atoms with Gasteiger partial charge in [-0.3, -0.25) is 14.3 Å². The molecule has 2 aromatic carbocycles. The second-order valence-electron chi connectivity index (χ2n) is 15.1. The highest BCUT2D eigenvalue weighted by Crippen LogP contribution is 2.33. The Morgan fingerprint density at radius 1 is 0.721 bits per heavy atom. The van der Waals surface area contributed by atoms with Crippen LogP contribution in [0.5, 0.6) is 0 Å². The summed E-state index contributed by atoms with van der Waals surface area (Å²) in [4.78, 5) is 41.8. The summed E-state index contributed by atoms with van der Waals surface area (Å²) in [7, 11) is 1.86. The second-order valence-corrected chi connectivity index (χ2v) is 16.0. The molecule has 2 amide bonds. The second kappa shape index (κ2) is 15.3. The van der Waals surface area contributed by atoms with Gasteiger partial charge in [-0.05, 0) is 42.0 Å². The van der Waals surface area contributed by atoms with Gasteiger partial charge in [-0.15, -0.1) is 0 Å². The summed E-state index contributed by atoms with van der Waals surface area (Å²) >= 11 is 11.9. The zero-order valence-corrected chi connectivity index (χ0v) is 33.8. The van der Waals surface area contributed by atoms with Crippen molar-refractivity contribution in [3.8, 4) is 22.3 Å². The highest BCUT2D eigenvalue weighted by atomic mass is 35.5. The highest BCUT2D eigenvalue weighted by molar-refractivity contribution is 6.30. The van der Waals surface area contributed by atoms with E-state index in [0.29, 0.717) is 54.5 Å². The third-order valence-corrected chi connectivity index (χ3v) is 11.5. The Morgan fingerprint density at radius 3 is 1.89 bits per heavy atom. The van der Waals surface area contributed by atoms with Crippen molar-refractivity contribution in [2.75, 3.05) is 41.0 Å². The Balaban J connectivity index is 0.876. The largest absolute Gasteiger partial charge is 0.353 e. The third-order valence-electron chi connectivity index (χ3n) is 11.1. The average Bonchev–Trinajstić information content (AvgIpc) is 4.02. The van der Waals surface area contributed by atoms with Crippen LogP contribution in [0.25, 0.3) is 33.3 Å². The number of aromatic nitrogens is 10. The van der Waals surface area contributed by atoms with Crippen LogP contribution < -0.4 is 20.1 Å². The third kappa shape index (κ3) is 7.26. The van der Waals surface area contributed by atoms with Gasteiger partial charge in [-0.1, -0.05) is 35.3 Å². The molecule has 2 aliphatic rings. The first-order valence-electron chi connectivity index (χ1n) is 19.2. The van der Waals surface area contributed by atoms with Gasteiger partial charge in [0.15, 0.2) is 11.6 Å². The molecule has 0 aliphatic carbocycles. The molecule has 8 aromatic rings. The minimum absolute atomic E-state index is 0.0550. The molecule has 6 aromatic heterocycles. The lowest BCUT2D eigenvalue weighted by atomic mass is 9.99. The van der Waals surface area contributed by atoms with E-state index in [1.807, 2.05) is 42.7 Å². The predicted molar refractivity (Wildman–Crippen MR) is 223 cm³/mol. The summed E-state index contributed by atoms with van der Waals surface area (Å²) in [5, 5.41) is 22.7. The SMILES string of the molecule is Cn1cc(-c2cc3c(N4CC(N(C(=O)Cc5ccc(Cl)cc5F)n5cc(-c6cc7c(N8CC(C(=O)NCc9ccc(Cl)cc9F)C8)ncnn7c6)cn5)C4)ncnn3c2)cn1. The minimum Gasteiger partial charge on any atom is -0.353 e. The number of hydrogen-bond acceptors (Lipinski definition) is 10. The molecular weight excluding hydrogens is 829 g/mol. The quantitative estimate of drug-likeness (QED) is 0.189. The molecule has 0 radical (unpaired) electrons. The molecule has 0 unspecified atom stereocenters. The molecule has 1 N–H and O–H groups in total.